The van der Waals surface area contributed by atoms with Gasteiger partial charge in [0.25, 0.3) is 0 Å². The summed E-state index contributed by atoms with van der Waals surface area (Å²) < 4.78 is 4.61. The van der Waals surface area contributed by atoms with E-state index in [1.807, 2.05) is 0 Å². The number of cyclic esters (lactones) is 1. The van der Waals surface area contributed by atoms with Crippen LogP contribution in [0.1, 0.15) is 0 Å². The minimum atomic E-state index is -1.05. The van der Waals surface area contributed by atoms with E-state index in [0.29, 0.717) is 0 Å². The van der Waals surface area contributed by atoms with E-state index in [2.05, 4.69) is 4.74 Å². The maximum Gasteiger partial charge on any atom is 0.331 e. The van der Waals surface area contributed by atoms with E-state index in [-0.39, 0.29) is 0 Å². The van der Waals surface area contributed by atoms with Crippen molar-refractivity contribution in [1.82, 2.24) is 0 Å². The molecule has 1 N–H and O–H groups in total. The first-order valence-electron chi connectivity index (χ1n) is 2.98. The van der Waals surface area contributed by atoms with Crippen molar-refractivity contribution in [1.29, 1.82) is 0 Å². The number of carboxylic acid groups (broad SMARTS) is 1. The highest BCUT2D eigenvalue weighted by atomic mass is 16.5. The summed E-state index contributed by atoms with van der Waals surface area (Å²) in [6, 6.07) is 0. The molecule has 0 saturated carbocycles. The average molecular weight is 154 g/mol. The summed E-state index contributed by atoms with van der Waals surface area (Å²) in [6.07, 6.45) is 4.47. The van der Waals surface area contributed by atoms with E-state index < -0.39 is 18.0 Å². The van der Waals surface area contributed by atoms with Gasteiger partial charge in [0.1, 0.15) is 6.10 Å². The lowest BCUT2D eigenvalue weighted by atomic mass is 10.3. The van der Waals surface area contributed by atoms with Crippen molar-refractivity contribution < 1.29 is 19.4 Å². The van der Waals surface area contributed by atoms with Gasteiger partial charge in [0.15, 0.2) is 0 Å². The Bertz CT molecular complexity index is 239. The van der Waals surface area contributed by atoms with Crippen molar-refractivity contribution in [3.05, 3.63) is 24.3 Å². The van der Waals surface area contributed by atoms with Crippen LogP contribution in [0.2, 0.25) is 0 Å². The minimum absolute atomic E-state index is 0.440. The zero-order valence-corrected chi connectivity index (χ0v) is 5.56. The molecule has 1 heterocycles. The molecule has 1 aliphatic rings. The number of hydrogen-bond donors (Lipinski definition) is 1. The average Bonchev–Trinajstić information content (AvgIpc) is 2.31. The van der Waals surface area contributed by atoms with Crippen LogP contribution < -0.4 is 0 Å². The number of rotatable bonds is 2. The lowest BCUT2D eigenvalue weighted by Crippen LogP contribution is -2.04. The van der Waals surface area contributed by atoms with Crippen LogP contribution in [0.5, 0.6) is 0 Å². The van der Waals surface area contributed by atoms with Gasteiger partial charge in [-0.1, -0.05) is 0 Å². The molecule has 0 aromatic heterocycles. The lowest BCUT2D eigenvalue weighted by Gasteiger charge is -1.98. The number of carbonyl (C=O) groups is 2. The summed E-state index contributed by atoms with van der Waals surface area (Å²) >= 11 is 0. The molecule has 1 aliphatic heterocycles. The maximum absolute atomic E-state index is 10.4. The Morgan fingerprint density at radius 3 is 2.91 bits per heavy atom. The summed E-state index contributed by atoms with van der Waals surface area (Å²) in [5, 5.41) is 8.19. The molecule has 0 amide bonds. The largest absolute Gasteiger partial charge is 0.478 e. The molecular weight excluding hydrogens is 148 g/mol. The Hall–Kier alpha value is -1.58. The fourth-order valence-corrected chi connectivity index (χ4v) is 0.667. The van der Waals surface area contributed by atoms with E-state index in [0.717, 1.165) is 6.08 Å². The molecule has 0 aromatic rings. The number of ether oxygens (including phenoxy) is 1. The Morgan fingerprint density at radius 2 is 2.45 bits per heavy atom. The van der Waals surface area contributed by atoms with Crippen LogP contribution in [0.15, 0.2) is 24.3 Å². The minimum Gasteiger partial charge on any atom is -0.478 e. The molecule has 0 radical (unpaired) electrons. The molecule has 0 spiro atoms. The van der Waals surface area contributed by atoms with Gasteiger partial charge in [-0.05, 0) is 12.2 Å². The van der Waals surface area contributed by atoms with Gasteiger partial charge in [-0.15, -0.1) is 0 Å². The highest BCUT2D eigenvalue weighted by Gasteiger charge is 2.12. The third-order valence-electron chi connectivity index (χ3n) is 1.10. The number of carbonyl (C=O) groups excluding carboxylic acids is 1. The normalized spacial score (nSPS) is 22.5. The Labute approximate surface area is 62.8 Å². The van der Waals surface area contributed by atoms with Crippen LogP contribution in [0, 0.1) is 0 Å². The number of carboxylic acids is 1. The molecule has 0 fully saturated rings. The fourth-order valence-electron chi connectivity index (χ4n) is 0.667. The summed E-state index contributed by atoms with van der Waals surface area (Å²) in [5.74, 6) is -1.49. The van der Waals surface area contributed by atoms with E-state index in [9.17, 15) is 9.59 Å². The van der Waals surface area contributed by atoms with Crippen molar-refractivity contribution in [2.75, 3.05) is 0 Å². The van der Waals surface area contributed by atoms with E-state index in [1.165, 1.54) is 18.2 Å². The first-order chi connectivity index (χ1) is 5.18. The number of hydrogen-bond acceptors (Lipinski definition) is 3. The molecule has 58 valence electrons. The first kappa shape index (κ1) is 7.53. The van der Waals surface area contributed by atoms with Crippen molar-refractivity contribution in [2.24, 2.45) is 0 Å². The fraction of sp³-hybridized carbons (Fsp3) is 0.143. The van der Waals surface area contributed by atoms with Crippen molar-refractivity contribution >= 4 is 11.9 Å². The van der Waals surface area contributed by atoms with E-state index in [4.69, 9.17) is 5.11 Å². The van der Waals surface area contributed by atoms with Gasteiger partial charge < -0.3 is 9.84 Å². The zero-order chi connectivity index (χ0) is 8.27. The lowest BCUT2D eigenvalue weighted by molar-refractivity contribution is -0.137. The number of aliphatic carboxylic acids is 1. The molecule has 4 heteroatoms. The van der Waals surface area contributed by atoms with Crippen molar-refractivity contribution in [3.8, 4) is 0 Å². The van der Waals surface area contributed by atoms with Crippen LogP contribution >= 0.6 is 0 Å². The maximum atomic E-state index is 10.4. The Morgan fingerprint density at radius 1 is 1.73 bits per heavy atom. The Balaban J connectivity index is 2.47. The van der Waals surface area contributed by atoms with Gasteiger partial charge in [-0.25, -0.2) is 9.59 Å². The molecule has 11 heavy (non-hydrogen) atoms. The monoisotopic (exact) mass is 154 g/mol. The molecule has 0 saturated heterocycles. The third-order valence-corrected chi connectivity index (χ3v) is 1.10. The highest BCUT2D eigenvalue weighted by molar-refractivity contribution is 5.85. The second kappa shape index (κ2) is 3.01. The third kappa shape index (κ3) is 2.25. The molecular formula is C7H6O4. The summed E-state index contributed by atoms with van der Waals surface area (Å²) in [7, 11) is 0. The van der Waals surface area contributed by atoms with Gasteiger partial charge in [-0.2, -0.15) is 0 Å². The van der Waals surface area contributed by atoms with Gasteiger partial charge in [0.05, 0.1) is 0 Å². The second-order valence-electron chi connectivity index (χ2n) is 1.96. The summed E-state index contributed by atoms with van der Waals surface area (Å²) in [6.45, 7) is 0. The van der Waals surface area contributed by atoms with Crippen LogP contribution in [-0.2, 0) is 14.3 Å². The van der Waals surface area contributed by atoms with Crippen molar-refractivity contribution in [2.45, 2.75) is 6.10 Å². The molecule has 0 bridgehead atoms. The smallest absolute Gasteiger partial charge is 0.331 e. The molecule has 1 atom stereocenters. The first-order valence-corrected chi connectivity index (χ1v) is 2.98. The molecule has 4 nitrogen and oxygen atoms in total. The van der Waals surface area contributed by atoms with Crippen molar-refractivity contribution in [3.63, 3.8) is 0 Å². The van der Waals surface area contributed by atoms with E-state index in [1.54, 1.807) is 0 Å². The van der Waals surface area contributed by atoms with Gasteiger partial charge in [-0.3, -0.25) is 0 Å². The summed E-state index contributed by atoms with van der Waals surface area (Å²) in [5.41, 5.74) is 0. The van der Waals surface area contributed by atoms with Gasteiger partial charge in [0.2, 0.25) is 0 Å². The topological polar surface area (TPSA) is 63.6 Å². The predicted molar refractivity (Wildman–Crippen MR) is 35.8 cm³/mol. The zero-order valence-electron chi connectivity index (χ0n) is 5.56. The van der Waals surface area contributed by atoms with Crippen LogP contribution in [-0.4, -0.2) is 23.1 Å². The van der Waals surface area contributed by atoms with Crippen LogP contribution in [0.3, 0.4) is 0 Å². The quantitative estimate of drug-likeness (QED) is 0.453. The summed E-state index contributed by atoms with van der Waals surface area (Å²) in [4.78, 5) is 20.4. The standard InChI is InChI=1S/C7H6O4/c8-6(9)3-1-5-2-4-7(10)11-5/h1-5H,(H,8,9)/b3-1-. The number of esters is 1. The van der Waals surface area contributed by atoms with Gasteiger partial charge >= 0.3 is 11.9 Å². The SMILES string of the molecule is O=C(O)/C=C\C1C=CC(=O)O1. The highest BCUT2D eigenvalue weighted by Crippen LogP contribution is 2.05. The Kier molecular flexibility index (Phi) is 2.06. The molecule has 1 unspecified atom stereocenters. The second-order valence-corrected chi connectivity index (χ2v) is 1.96. The van der Waals surface area contributed by atoms with Crippen LogP contribution in [0.4, 0.5) is 0 Å². The van der Waals surface area contributed by atoms with E-state index >= 15 is 0 Å². The molecule has 0 aromatic carbocycles. The van der Waals surface area contributed by atoms with Crippen LogP contribution in [0.25, 0.3) is 0 Å². The molecule has 1 rings (SSSR count). The predicted octanol–water partition coefficient (Wildman–Crippen LogP) is 0.109. The van der Waals surface area contributed by atoms with Gasteiger partial charge in [0, 0.05) is 12.2 Å². The molecule has 0 aliphatic carbocycles.